The fourth-order valence-electron chi connectivity index (χ4n) is 7.21. The van der Waals surface area contributed by atoms with Gasteiger partial charge < -0.3 is 20.3 Å². The third-order valence-electron chi connectivity index (χ3n) is 10.4. The van der Waals surface area contributed by atoms with Gasteiger partial charge in [0.25, 0.3) is 5.91 Å². The lowest BCUT2D eigenvalue weighted by molar-refractivity contribution is -0.142. The Bertz CT molecular complexity index is 1760. The van der Waals surface area contributed by atoms with Crippen molar-refractivity contribution in [1.82, 2.24) is 30.0 Å². The van der Waals surface area contributed by atoms with Gasteiger partial charge in [0.15, 0.2) is 0 Å². The Hall–Kier alpha value is -4.20. The Labute approximate surface area is 293 Å². The Morgan fingerprint density at radius 3 is 2.36 bits per heavy atom. The fraction of sp³-hybridized carbons (Fsp3) is 0.583. The summed E-state index contributed by atoms with van der Waals surface area (Å²) in [5, 5.41) is 9.78. The number of carbonyl (C=O) groups excluding carboxylic acids is 4. The van der Waals surface area contributed by atoms with Crippen LogP contribution in [-0.4, -0.2) is 82.4 Å². The van der Waals surface area contributed by atoms with E-state index in [0.717, 1.165) is 42.5 Å². The zero-order valence-corrected chi connectivity index (χ0v) is 30.0. The molecule has 14 heteroatoms. The smallest absolute Gasteiger partial charge is 0.408 e. The number of hydrogen-bond acceptors (Lipinski definition) is 8. The van der Waals surface area contributed by atoms with Crippen LogP contribution in [0.5, 0.6) is 0 Å². The summed E-state index contributed by atoms with van der Waals surface area (Å²) in [6.07, 6.45) is 7.34. The van der Waals surface area contributed by atoms with Crippen LogP contribution in [-0.2, 0) is 29.1 Å². The monoisotopic (exact) mass is 708 g/mol. The lowest BCUT2D eigenvalue weighted by Crippen LogP contribution is -2.60. The summed E-state index contributed by atoms with van der Waals surface area (Å²) in [5.74, 6) is -2.37. The van der Waals surface area contributed by atoms with Crippen LogP contribution >= 0.6 is 0 Å². The van der Waals surface area contributed by atoms with Gasteiger partial charge in [-0.3, -0.25) is 23.8 Å². The summed E-state index contributed by atoms with van der Waals surface area (Å²) < 4.78 is 34.9. The zero-order valence-electron chi connectivity index (χ0n) is 29.2. The number of carbonyl (C=O) groups is 4. The molecule has 3 N–H and O–H groups in total. The molecule has 1 aromatic carbocycles. The number of likely N-dealkylation sites (tertiary alicyclic amines) is 1. The van der Waals surface area contributed by atoms with E-state index in [1.807, 2.05) is 64.2 Å². The van der Waals surface area contributed by atoms with Crippen LogP contribution < -0.4 is 15.4 Å². The Morgan fingerprint density at radius 2 is 1.76 bits per heavy atom. The van der Waals surface area contributed by atoms with Crippen LogP contribution in [0.3, 0.4) is 0 Å². The van der Waals surface area contributed by atoms with Crippen molar-refractivity contribution in [2.45, 2.75) is 114 Å². The second-order valence-electron chi connectivity index (χ2n) is 15.3. The molecule has 0 radical (unpaired) electrons. The molecule has 3 aliphatic carbocycles. The van der Waals surface area contributed by atoms with E-state index < -0.39 is 74.1 Å². The van der Waals surface area contributed by atoms with E-state index in [1.54, 1.807) is 4.68 Å². The molecule has 4 fully saturated rings. The highest BCUT2D eigenvalue weighted by molar-refractivity contribution is 7.91. The van der Waals surface area contributed by atoms with Crippen LogP contribution in [0.2, 0.25) is 0 Å². The maximum Gasteiger partial charge on any atom is 0.408 e. The number of aryl methyl sites for hydroxylation is 1. The van der Waals surface area contributed by atoms with Gasteiger partial charge >= 0.3 is 6.09 Å². The lowest BCUT2D eigenvalue weighted by Gasteiger charge is -2.35. The summed E-state index contributed by atoms with van der Waals surface area (Å²) in [6.45, 7) is 11.3. The maximum atomic E-state index is 14.5. The molecule has 1 aromatic heterocycles. The summed E-state index contributed by atoms with van der Waals surface area (Å²) in [7, 11) is -3.87. The molecule has 2 aromatic rings. The number of sulfonamides is 1. The molecule has 0 spiro atoms. The van der Waals surface area contributed by atoms with Gasteiger partial charge in [-0.15, -0.1) is 6.58 Å². The lowest BCUT2D eigenvalue weighted by atomic mass is 9.85. The maximum absolute atomic E-state index is 14.5. The minimum absolute atomic E-state index is 0.109. The van der Waals surface area contributed by atoms with Crippen molar-refractivity contribution in [3.8, 4) is 11.1 Å². The van der Waals surface area contributed by atoms with Gasteiger partial charge in [0.05, 0.1) is 17.0 Å². The van der Waals surface area contributed by atoms with E-state index in [4.69, 9.17) is 9.84 Å². The van der Waals surface area contributed by atoms with Gasteiger partial charge in [-0.25, -0.2) is 13.2 Å². The second-order valence-corrected chi connectivity index (χ2v) is 17.3. The minimum Gasteiger partial charge on any atom is -0.446 e. The Morgan fingerprint density at radius 1 is 1.08 bits per heavy atom. The highest BCUT2D eigenvalue weighted by Crippen LogP contribution is 2.46. The molecular weight excluding hydrogens is 660 g/mol. The van der Waals surface area contributed by atoms with Crippen molar-refractivity contribution < 1.29 is 32.3 Å². The number of alkyl carbamates (subject to hydrolysis) is 1. The third kappa shape index (κ3) is 7.31. The number of hydrogen-bond donors (Lipinski definition) is 3. The molecule has 1 saturated heterocycles. The van der Waals surface area contributed by atoms with Crippen LogP contribution in [0.1, 0.15) is 83.9 Å². The molecule has 13 nitrogen and oxygen atoms in total. The average molecular weight is 709 g/mol. The van der Waals surface area contributed by atoms with E-state index in [1.165, 1.54) is 11.0 Å². The van der Waals surface area contributed by atoms with Crippen molar-refractivity contribution in [3.05, 3.63) is 54.9 Å². The normalized spacial score (nSPS) is 25.8. The first-order chi connectivity index (χ1) is 23.6. The summed E-state index contributed by atoms with van der Waals surface area (Å²) >= 11 is 0. The number of benzene rings is 1. The molecular formula is C36H48N6O7S. The van der Waals surface area contributed by atoms with Crippen LogP contribution in [0.4, 0.5) is 4.79 Å². The summed E-state index contributed by atoms with van der Waals surface area (Å²) in [6, 6.07) is 7.29. The van der Waals surface area contributed by atoms with Crippen molar-refractivity contribution in [1.29, 1.82) is 0 Å². The van der Waals surface area contributed by atoms with E-state index in [9.17, 15) is 27.6 Å². The van der Waals surface area contributed by atoms with Crippen molar-refractivity contribution in [3.63, 3.8) is 0 Å². The van der Waals surface area contributed by atoms with E-state index in [-0.39, 0.29) is 25.5 Å². The SMILES string of the molecule is C=C[C@@H]1C[C@]1(NC(=O)[C@@H]1C[C@@H](n2cc(-c3ccccc3)c(C)n2)CN1C(=O)C(NC(=O)OC1CCCC1)C(C)(C)C)C(=O)NS(=O)(=O)C1CC1. The molecule has 4 aliphatic rings. The van der Waals surface area contributed by atoms with Gasteiger partial charge in [-0.2, -0.15) is 5.10 Å². The number of nitrogens with zero attached hydrogens (tertiary/aromatic N) is 3. The molecule has 6 rings (SSSR count). The molecule has 3 saturated carbocycles. The molecule has 1 unspecified atom stereocenters. The van der Waals surface area contributed by atoms with Crippen LogP contribution in [0, 0.1) is 18.3 Å². The van der Waals surface area contributed by atoms with E-state index in [2.05, 4.69) is 21.9 Å². The number of amides is 4. The topological polar surface area (TPSA) is 169 Å². The summed E-state index contributed by atoms with van der Waals surface area (Å²) in [5.41, 5.74) is 0.414. The average Bonchev–Trinajstić information content (AvgIpc) is 3.87. The predicted molar refractivity (Wildman–Crippen MR) is 186 cm³/mol. The number of ether oxygens (including phenoxy) is 1. The minimum atomic E-state index is -3.87. The first kappa shape index (κ1) is 35.6. The molecule has 270 valence electrons. The van der Waals surface area contributed by atoms with Gasteiger partial charge in [0.1, 0.15) is 23.7 Å². The van der Waals surface area contributed by atoms with Crippen molar-refractivity contribution in [2.24, 2.45) is 11.3 Å². The van der Waals surface area contributed by atoms with Gasteiger partial charge in [-0.1, -0.05) is 57.2 Å². The molecule has 0 bridgehead atoms. The highest BCUT2D eigenvalue weighted by Gasteiger charge is 2.62. The van der Waals surface area contributed by atoms with E-state index in [0.29, 0.717) is 12.8 Å². The molecule has 50 heavy (non-hydrogen) atoms. The van der Waals surface area contributed by atoms with Gasteiger partial charge in [0.2, 0.25) is 21.8 Å². The van der Waals surface area contributed by atoms with Crippen LogP contribution in [0.25, 0.3) is 11.1 Å². The molecule has 1 aliphatic heterocycles. The third-order valence-corrected chi connectivity index (χ3v) is 12.3. The Kier molecular flexibility index (Phi) is 9.61. The highest BCUT2D eigenvalue weighted by atomic mass is 32.2. The molecule has 4 amide bonds. The predicted octanol–water partition coefficient (Wildman–Crippen LogP) is 3.75. The van der Waals surface area contributed by atoms with E-state index >= 15 is 0 Å². The van der Waals surface area contributed by atoms with Crippen LogP contribution in [0.15, 0.2) is 49.2 Å². The largest absolute Gasteiger partial charge is 0.446 e. The zero-order chi connectivity index (χ0) is 36.0. The number of rotatable bonds is 11. The standard InChI is InChI=1S/C36H48N6O7S/c1-6-24-19-36(24,33(45)40-50(47,48)27-16-17-27)38-31(43)29-18-25(42-21-28(22(2)39-42)23-12-8-7-9-13-23)20-41(29)32(44)30(35(3,4)5)37-34(46)49-26-14-10-11-15-26/h6-9,12-13,21,24-27,29-30H,1,10-11,14-20H2,2-5H3,(H,37,46)(H,38,43)(H,40,45)/t24-,25-,29+,30?,36-/m1/s1. The summed E-state index contributed by atoms with van der Waals surface area (Å²) in [4.78, 5) is 56.8. The van der Waals surface area contributed by atoms with Gasteiger partial charge in [0, 0.05) is 30.6 Å². The molecule has 5 atom stereocenters. The first-order valence-electron chi connectivity index (χ1n) is 17.5. The Balaban J connectivity index is 1.28. The fourth-order valence-corrected chi connectivity index (χ4v) is 8.57. The number of aromatic nitrogens is 2. The molecule has 2 heterocycles. The van der Waals surface area contributed by atoms with Crippen molar-refractivity contribution >= 4 is 33.8 Å². The second kappa shape index (κ2) is 13.5. The quantitative estimate of drug-likeness (QED) is 0.297. The van der Waals surface area contributed by atoms with Gasteiger partial charge in [-0.05, 0) is 62.8 Å². The number of nitrogens with one attached hydrogen (secondary N) is 3. The first-order valence-corrected chi connectivity index (χ1v) is 19.1. The van der Waals surface area contributed by atoms with Crippen molar-refractivity contribution in [2.75, 3.05) is 6.54 Å².